The zero-order chi connectivity index (χ0) is 16.2. The van der Waals surface area contributed by atoms with Gasteiger partial charge in [-0.3, -0.25) is 4.68 Å². The number of hydrogen-bond acceptors (Lipinski definition) is 5. The lowest BCUT2D eigenvalue weighted by molar-refractivity contribution is 0.785. The number of aromatic nitrogens is 4. The molecule has 0 saturated carbocycles. The first-order valence-corrected chi connectivity index (χ1v) is 7.51. The summed E-state index contributed by atoms with van der Waals surface area (Å²) >= 11 is 0. The molecule has 0 bridgehead atoms. The summed E-state index contributed by atoms with van der Waals surface area (Å²) in [5, 5.41) is 11.7. The number of benzene rings is 1. The highest BCUT2D eigenvalue weighted by Gasteiger charge is 2.11. The van der Waals surface area contributed by atoms with Gasteiger partial charge in [-0.1, -0.05) is 35.9 Å². The number of aryl methyl sites for hydroxylation is 2. The maximum absolute atomic E-state index is 4.55. The fourth-order valence-corrected chi connectivity index (χ4v) is 2.29. The molecule has 6 nitrogen and oxygen atoms in total. The second kappa shape index (κ2) is 7.79. The monoisotopic (exact) mass is 344 g/mol. The Morgan fingerprint density at radius 3 is 2.62 bits per heavy atom. The molecule has 2 N–H and O–H groups in total. The number of nitrogens with zero attached hydrogens (tertiary/aromatic N) is 4. The van der Waals surface area contributed by atoms with Gasteiger partial charge < -0.3 is 10.6 Å². The van der Waals surface area contributed by atoms with E-state index in [0.717, 1.165) is 16.9 Å². The molecule has 0 fully saturated rings. The summed E-state index contributed by atoms with van der Waals surface area (Å²) in [4.78, 5) is 9.04. The Labute approximate surface area is 147 Å². The highest BCUT2D eigenvalue weighted by atomic mass is 35.5. The van der Waals surface area contributed by atoms with Crippen molar-refractivity contribution in [1.29, 1.82) is 0 Å². The van der Waals surface area contributed by atoms with Gasteiger partial charge in [-0.15, -0.1) is 19.0 Å². The molecule has 0 radical (unpaired) electrons. The summed E-state index contributed by atoms with van der Waals surface area (Å²) in [5.41, 5.74) is 3.24. The lowest BCUT2D eigenvalue weighted by Crippen LogP contribution is -2.08. The van der Waals surface area contributed by atoms with Crippen molar-refractivity contribution in [2.24, 2.45) is 7.05 Å². The van der Waals surface area contributed by atoms with E-state index in [1.54, 1.807) is 17.0 Å². The molecule has 2 heterocycles. The van der Waals surface area contributed by atoms with Crippen LogP contribution in [0.1, 0.15) is 11.1 Å². The van der Waals surface area contributed by atoms with Crippen molar-refractivity contribution < 1.29 is 0 Å². The molecule has 0 spiro atoms. The lowest BCUT2D eigenvalue weighted by Gasteiger charge is -2.10. The fourth-order valence-electron chi connectivity index (χ4n) is 2.29. The van der Waals surface area contributed by atoms with Crippen LogP contribution >= 0.6 is 12.4 Å². The molecule has 2 aromatic heterocycles. The van der Waals surface area contributed by atoms with Crippen LogP contribution < -0.4 is 10.6 Å². The van der Waals surface area contributed by atoms with Gasteiger partial charge in [0, 0.05) is 20.1 Å². The predicted molar refractivity (Wildman–Crippen MR) is 101 cm³/mol. The quantitative estimate of drug-likeness (QED) is 0.671. The van der Waals surface area contributed by atoms with Crippen LogP contribution in [0.25, 0.3) is 11.0 Å². The van der Waals surface area contributed by atoms with Crippen molar-refractivity contribution in [2.45, 2.75) is 13.5 Å². The standard InChI is InChI=1S/C17H20N6.ClH/c1-4-9-18-17-21-15(14-11-20-23(3)16(14)22-17)19-10-13-7-5-12(2)6-8-13;/h4-8,11H,1,9-10H2,2-3H3,(H2,18,19,21,22);1H. The maximum atomic E-state index is 4.55. The molecule has 3 aromatic rings. The number of anilines is 2. The highest BCUT2D eigenvalue weighted by molar-refractivity contribution is 5.87. The molecule has 0 unspecified atom stereocenters. The van der Waals surface area contributed by atoms with Crippen molar-refractivity contribution in [2.75, 3.05) is 17.2 Å². The van der Waals surface area contributed by atoms with Crippen molar-refractivity contribution in [1.82, 2.24) is 19.7 Å². The van der Waals surface area contributed by atoms with E-state index in [1.807, 2.05) is 7.05 Å². The van der Waals surface area contributed by atoms with Gasteiger partial charge in [0.05, 0.1) is 11.6 Å². The van der Waals surface area contributed by atoms with Crippen LogP contribution in [0.3, 0.4) is 0 Å². The Hall–Kier alpha value is -2.60. The zero-order valence-corrected chi connectivity index (χ0v) is 14.6. The summed E-state index contributed by atoms with van der Waals surface area (Å²) in [5.74, 6) is 1.34. The van der Waals surface area contributed by atoms with Gasteiger partial charge in [-0.05, 0) is 12.5 Å². The molecule has 0 saturated heterocycles. The van der Waals surface area contributed by atoms with Crippen LogP contribution in [-0.4, -0.2) is 26.3 Å². The van der Waals surface area contributed by atoms with Gasteiger partial charge in [-0.2, -0.15) is 15.1 Å². The summed E-state index contributed by atoms with van der Waals surface area (Å²) in [6.07, 6.45) is 3.56. The number of hydrogen-bond donors (Lipinski definition) is 2. The third-order valence-corrected chi connectivity index (χ3v) is 3.58. The van der Waals surface area contributed by atoms with Gasteiger partial charge >= 0.3 is 0 Å². The lowest BCUT2D eigenvalue weighted by atomic mass is 10.1. The number of rotatable bonds is 6. The van der Waals surface area contributed by atoms with Gasteiger partial charge in [0.25, 0.3) is 0 Å². The van der Waals surface area contributed by atoms with Crippen LogP contribution in [0.2, 0.25) is 0 Å². The van der Waals surface area contributed by atoms with Crippen LogP contribution in [0.15, 0.2) is 43.1 Å². The maximum Gasteiger partial charge on any atom is 0.226 e. The molecule has 0 aliphatic rings. The van der Waals surface area contributed by atoms with E-state index in [-0.39, 0.29) is 12.4 Å². The van der Waals surface area contributed by atoms with Gasteiger partial charge in [-0.25, -0.2) is 0 Å². The molecule has 3 rings (SSSR count). The Morgan fingerprint density at radius 1 is 1.17 bits per heavy atom. The molecule has 7 heteroatoms. The molecule has 0 atom stereocenters. The molecule has 1 aromatic carbocycles. The van der Waals surface area contributed by atoms with E-state index in [0.29, 0.717) is 19.0 Å². The smallest absolute Gasteiger partial charge is 0.226 e. The Bertz CT molecular complexity index is 825. The average Bonchev–Trinajstić information content (AvgIpc) is 2.93. The minimum Gasteiger partial charge on any atom is -0.365 e. The average molecular weight is 345 g/mol. The third-order valence-electron chi connectivity index (χ3n) is 3.58. The van der Waals surface area contributed by atoms with Crippen molar-refractivity contribution in [3.63, 3.8) is 0 Å². The first-order valence-electron chi connectivity index (χ1n) is 7.51. The minimum atomic E-state index is 0. The molecule has 126 valence electrons. The van der Waals surface area contributed by atoms with Crippen LogP contribution in [0.5, 0.6) is 0 Å². The molecule has 0 amide bonds. The summed E-state index contributed by atoms with van der Waals surface area (Å²) < 4.78 is 1.74. The van der Waals surface area contributed by atoms with E-state index in [1.165, 1.54) is 11.1 Å². The first kappa shape index (κ1) is 17.7. The topological polar surface area (TPSA) is 67.7 Å². The first-order chi connectivity index (χ1) is 11.2. The Morgan fingerprint density at radius 2 is 1.92 bits per heavy atom. The summed E-state index contributed by atoms with van der Waals surface area (Å²) in [7, 11) is 1.87. The fraction of sp³-hybridized carbons (Fsp3) is 0.235. The number of halogens is 1. The van der Waals surface area contributed by atoms with Crippen LogP contribution in [0.4, 0.5) is 11.8 Å². The Balaban J connectivity index is 0.00000208. The number of nitrogens with one attached hydrogen (secondary N) is 2. The van der Waals surface area contributed by atoms with Crippen LogP contribution in [0, 0.1) is 6.92 Å². The van der Waals surface area contributed by atoms with Gasteiger partial charge in [0.2, 0.25) is 5.95 Å². The van der Waals surface area contributed by atoms with E-state index in [2.05, 4.69) is 63.5 Å². The third kappa shape index (κ3) is 3.83. The van der Waals surface area contributed by atoms with Gasteiger partial charge in [0.15, 0.2) is 5.65 Å². The summed E-state index contributed by atoms with van der Waals surface area (Å²) in [6, 6.07) is 8.43. The van der Waals surface area contributed by atoms with Crippen molar-refractivity contribution >= 4 is 35.2 Å². The van der Waals surface area contributed by atoms with E-state index >= 15 is 0 Å². The predicted octanol–water partition coefficient (Wildman–Crippen LogP) is 3.30. The van der Waals surface area contributed by atoms with Crippen LogP contribution in [-0.2, 0) is 13.6 Å². The minimum absolute atomic E-state index is 0. The van der Waals surface area contributed by atoms with E-state index < -0.39 is 0 Å². The normalized spacial score (nSPS) is 10.2. The zero-order valence-electron chi connectivity index (χ0n) is 13.8. The SMILES string of the molecule is C=CCNc1nc(NCc2ccc(C)cc2)c2cnn(C)c2n1.Cl. The highest BCUT2D eigenvalue weighted by Crippen LogP contribution is 2.22. The molecule has 24 heavy (non-hydrogen) atoms. The molecule has 0 aliphatic carbocycles. The van der Waals surface area contributed by atoms with Crippen molar-refractivity contribution in [3.8, 4) is 0 Å². The second-order valence-corrected chi connectivity index (χ2v) is 5.41. The van der Waals surface area contributed by atoms with E-state index in [4.69, 9.17) is 0 Å². The summed E-state index contributed by atoms with van der Waals surface area (Å²) in [6.45, 7) is 7.09. The van der Waals surface area contributed by atoms with Gasteiger partial charge in [0.1, 0.15) is 5.82 Å². The number of fused-ring (bicyclic) bond motifs is 1. The second-order valence-electron chi connectivity index (χ2n) is 5.41. The Kier molecular flexibility index (Phi) is 5.76. The van der Waals surface area contributed by atoms with Crippen molar-refractivity contribution in [3.05, 3.63) is 54.2 Å². The molecular weight excluding hydrogens is 324 g/mol. The largest absolute Gasteiger partial charge is 0.365 e. The molecule has 0 aliphatic heterocycles. The molecular formula is C17H21ClN6. The van der Waals surface area contributed by atoms with E-state index in [9.17, 15) is 0 Å².